The van der Waals surface area contributed by atoms with Crippen LogP contribution in [0, 0.1) is 0 Å². The van der Waals surface area contributed by atoms with E-state index in [1.807, 2.05) is 35.2 Å². The van der Waals surface area contributed by atoms with Crippen LogP contribution < -0.4 is 5.73 Å². The fourth-order valence-corrected chi connectivity index (χ4v) is 3.71. The number of nitrogens with one attached hydrogen (secondary N) is 1. The molecule has 3 aromatic rings. The lowest BCUT2D eigenvalue weighted by molar-refractivity contribution is -0.118. The average molecular weight is 351 g/mol. The average Bonchev–Trinajstić information content (AvgIpc) is 3.27. The molecule has 26 heavy (non-hydrogen) atoms. The molecule has 3 heterocycles. The maximum absolute atomic E-state index is 12.9. The molecule has 1 saturated heterocycles. The van der Waals surface area contributed by atoms with Gasteiger partial charge in [-0.15, -0.1) is 0 Å². The minimum atomic E-state index is -0.397. The highest BCUT2D eigenvalue weighted by Gasteiger charge is 2.28. The fraction of sp³-hybridized carbons (Fsp3) is 0.316. The van der Waals surface area contributed by atoms with Crippen molar-refractivity contribution in [3.8, 4) is 0 Å². The molecule has 1 aliphatic heterocycles. The number of piperidine rings is 1. The van der Waals surface area contributed by atoms with E-state index in [2.05, 4.69) is 9.97 Å². The molecule has 0 bridgehead atoms. The molecule has 1 atom stereocenters. The lowest BCUT2D eigenvalue weighted by Crippen LogP contribution is -2.40. The summed E-state index contributed by atoms with van der Waals surface area (Å²) in [5.41, 5.74) is 6.88. The van der Waals surface area contributed by atoms with Crippen LogP contribution in [0.4, 0.5) is 0 Å². The second kappa shape index (κ2) is 6.67. The summed E-state index contributed by atoms with van der Waals surface area (Å²) in [4.78, 5) is 33.7. The number of carbonyl (C=O) groups is 2. The number of amides is 2. The second-order valence-electron chi connectivity index (χ2n) is 6.74. The number of likely N-dealkylation sites (tertiary alicyclic amines) is 1. The molecule has 0 radical (unpaired) electrons. The third-order valence-electron chi connectivity index (χ3n) is 4.91. The van der Waals surface area contributed by atoms with Gasteiger partial charge >= 0.3 is 0 Å². The van der Waals surface area contributed by atoms with Gasteiger partial charge in [-0.25, -0.2) is 4.98 Å². The summed E-state index contributed by atoms with van der Waals surface area (Å²) in [6.07, 6.45) is 5.28. The number of H-pyrrole nitrogens is 1. The van der Waals surface area contributed by atoms with Crippen LogP contribution in [-0.4, -0.2) is 44.3 Å². The van der Waals surface area contributed by atoms with E-state index in [9.17, 15) is 9.59 Å². The van der Waals surface area contributed by atoms with Crippen molar-refractivity contribution in [1.29, 1.82) is 0 Å². The van der Waals surface area contributed by atoms with Crippen molar-refractivity contribution in [3.63, 3.8) is 0 Å². The lowest BCUT2D eigenvalue weighted by Gasteiger charge is -2.32. The van der Waals surface area contributed by atoms with Gasteiger partial charge in [0.1, 0.15) is 18.1 Å². The predicted molar refractivity (Wildman–Crippen MR) is 97.6 cm³/mol. The van der Waals surface area contributed by atoms with Gasteiger partial charge in [0, 0.05) is 42.3 Å². The number of nitrogens with two attached hydrogens (primary N) is 1. The van der Waals surface area contributed by atoms with E-state index in [1.54, 1.807) is 17.0 Å². The van der Waals surface area contributed by atoms with Gasteiger partial charge in [-0.05, 0) is 25.0 Å². The normalized spacial score (nSPS) is 17.5. The minimum Gasteiger partial charge on any atom is -0.368 e. The van der Waals surface area contributed by atoms with Gasteiger partial charge in [-0.3, -0.25) is 9.59 Å². The van der Waals surface area contributed by atoms with E-state index in [1.165, 1.54) is 0 Å². The van der Waals surface area contributed by atoms with Crippen molar-refractivity contribution < 1.29 is 9.59 Å². The fourth-order valence-electron chi connectivity index (χ4n) is 3.71. The topological polar surface area (TPSA) is 97.0 Å². The van der Waals surface area contributed by atoms with Crippen molar-refractivity contribution in [2.45, 2.75) is 25.3 Å². The summed E-state index contributed by atoms with van der Waals surface area (Å²) in [5.74, 6) is 0.523. The zero-order valence-corrected chi connectivity index (χ0v) is 14.4. The molecule has 1 aromatic carbocycles. The quantitative estimate of drug-likeness (QED) is 0.751. The SMILES string of the molecule is NC(=O)Cn1ccnc1[C@H]1CCCN(C(=O)c2cc3ccccc3[nH]2)C1. The molecular formula is C19H21N5O2. The second-order valence-corrected chi connectivity index (χ2v) is 6.74. The molecule has 3 N–H and O–H groups in total. The summed E-state index contributed by atoms with van der Waals surface area (Å²) in [5, 5.41) is 1.03. The van der Waals surface area contributed by atoms with E-state index in [0.29, 0.717) is 12.2 Å². The molecule has 2 amide bonds. The number of benzene rings is 1. The van der Waals surface area contributed by atoms with Gasteiger partial charge in [0.2, 0.25) is 5.91 Å². The van der Waals surface area contributed by atoms with E-state index >= 15 is 0 Å². The van der Waals surface area contributed by atoms with Crippen LogP contribution in [0.15, 0.2) is 42.7 Å². The van der Waals surface area contributed by atoms with E-state index in [0.717, 1.165) is 36.1 Å². The van der Waals surface area contributed by atoms with Crippen LogP contribution in [0.2, 0.25) is 0 Å². The highest BCUT2D eigenvalue weighted by atomic mass is 16.2. The Morgan fingerprint density at radius 2 is 2.15 bits per heavy atom. The standard InChI is InChI=1S/C19H21N5O2/c20-17(25)12-23-9-7-21-18(23)14-5-3-8-24(11-14)19(26)16-10-13-4-1-2-6-15(13)22-16/h1-2,4,6-7,9-10,14,22H,3,5,8,11-12H2,(H2,20,25)/t14-/m0/s1. The summed E-state index contributed by atoms with van der Waals surface area (Å²) >= 11 is 0. The Hall–Kier alpha value is -3.09. The number of aromatic amines is 1. The van der Waals surface area contributed by atoms with Crippen LogP contribution in [0.1, 0.15) is 35.1 Å². The van der Waals surface area contributed by atoms with Crippen LogP contribution in [-0.2, 0) is 11.3 Å². The number of hydrogen-bond donors (Lipinski definition) is 2. The van der Waals surface area contributed by atoms with Gasteiger partial charge < -0.3 is 20.2 Å². The summed E-state index contributed by atoms with van der Waals surface area (Å²) in [7, 11) is 0. The Bertz CT molecular complexity index is 925. The molecule has 0 saturated carbocycles. The Labute approximate surface area is 150 Å². The van der Waals surface area contributed by atoms with Crippen LogP contribution in [0.5, 0.6) is 0 Å². The molecule has 1 aliphatic rings. The maximum atomic E-state index is 12.9. The lowest BCUT2D eigenvalue weighted by atomic mass is 9.96. The molecule has 4 rings (SSSR count). The molecule has 134 valence electrons. The van der Waals surface area contributed by atoms with Crippen LogP contribution in [0.25, 0.3) is 10.9 Å². The number of carbonyl (C=O) groups excluding carboxylic acids is 2. The van der Waals surface area contributed by atoms with E-state index in [-0.39, 0.29) is 18.4 Å². The van der Waals surface area contributed by atoms with Crippen molar-refractivity contribution in [2.24, 2.45) is 5.73 Å². The zero-order chi connectivity index (χ0) is 18.1. The first kappa shape index (κ1) is 16.4. The highest BCUT2D eigenvalue weighted by molar-refractivity contribution is 5.98. The summed E-state index contributed by atoms with van der Waals surface area (Å²) in [6.45, 7) is 1.42. The first-order valence-corrected chi connectivity index (χ1v) is 8.78. The number of rotatable bonds is 4. The number of fused-ring (bicyclic) bond motifs is 1. The largest absolute Gasteiger partial charge is 0.368 e. The number of primary amides is 1. The zero-order valence-electron chi connectivity index (χ0n) is 14.4. The highest BCUT2D eigenvalue weighted by Crippen LogP contribution is 2.27. The van der Waals surface area contributed by atoms with Gasteiger partial charge in [0.05, 0.1) is 0 Å². The van der Waals surface area contributed by atoms with Gasteiger partial charge in [0.25, 0.3) is 5.91 Å². The smallest absolute Gasteiger partial charge is 0.270 e. The van der Waals surface area contributed by atoms with Gasteiger partial charge in [-0.1, -0.05) is 18.2 Å². The molecular weight excluding hydrogens is 330 g/mol. The number of para-hydroxylation sites is 1. The molecule has 7 heteroatoms. The van der Waals surface area contributed by atoms with Crippen molar-refractivity contribution in [2.75, 3.05) is 13.1 Å². The molecule has 7 nitrogen and oxygen atoms in total. The monoisotopic (exact) mass is 351 g/mol. The molecule has 1 fully saturated rings. The Morgan fingerprint density at radius 1 is 1.31 bits per heavy atom. The van der Waals surface area contributed by atoms with Gasteiger partial charge in [-0.2, -0.15) is 0 Å². The summed E-state index contributed by atoms with van der Waals surface area (Å²) in [6, 6.07) is 9.76. The van der Waals surface area contributed by atoms with Crippen molar-refractivity contribution in [1.82, 2.24) is 19.4 Å². The number of aromatic nitrogens is 3. The number of imidazole rings is 1. The Morgan fingerprint density at radius 3 is 2.96 bits per heavy atom. The molecule has 0 spiro atoms. The third kappa shape index (κ3) is 3.08. The molecule has 0 aliphatic carbocycles. The Balaban J connectivity index is 1.54. The Kier molecular flexibility index (Phi) is 4.20. The maximum Gasteiger partial charge on any atom is 0.270 e. The third-order valence-corrected chi connectivity index (χ3v) is 4.91. The van der Waals surface area contributed by atoms with E-state index in [4.69, 9.17) is 5.73 Å². The summed E-state index contributed by atoms with van der Waals surface area (Å²) < 4.78 is 1.78. The first-order valence-electron chi connectivity index (χ1n) is 8.78. The number of nitrogens with zero attached hydrogens (tertiary/aromatic N) is 3. The van der Waals surface area contributed by atoms with Crippen molar-refractivity contribution >= 4 is 22.7 Å². The minimum absolute atomic E-state index is 0.00101. The predicted octanol–water partition coefficient (Wildman–Crippen LogP) is 1.87. The van der Waals surface area contributed by atoms with E-state index < -0.39 is 5.91 Å². The molecule has 0 unspecified atom stereocenters. The molecule has 2 aromatic heterocycles. The first-order chi connectivity index (χ1) is 12.6. The van der Waals surface area contributed by atoms with Crippen LogP contribution >= 0.6 is 0 Å². The van der Waals surface area contributed by atoms with Crippen LogP contribution in [0.3, 0.4) is 0 Å². The van der Waals surface area contributed by atoms with Crippen molar-refractivity contribution in [3.05, 3.63) is 54.2 Å². The van der Waals surface area contributed by atoms with Gasteiger partial charge in [0.15, 0.2) is 0 Å². The number of hydrogen-bond acceptors (Lipinski definition) is 3.